The number of para-hydroxylation sites is 1. The van der Waals surface area contributed by atoms with E-state index in [1.807, 2.05) is 0 Å². The molecule has 0 heterocycles. The zero-order valence-electron chi connectivity index (χ0n) is 9.03. The zero-order chi connectivity index (χ0) is 12.2. The molecule has 3 N–H and O–H groups in total. The minimum atomic E-state index is -2.95. The zero-order valence-corrected chi connectivity index (χ0v) is 10.6. The molecular weight excluding hydrogens is 248 g/mol. The van der Waals surface area contributed by atoms with Crippen molar-refractivity contribution >= 4 is 32.8 Å². The van der Waals surface area contributed by atoms with Gasteiger partial charge >= 0.3 is 0 Å². The van der Waals surface area contributed by atoms with Crippen molar-refractivity contribution in [3.05, 3.63) is 23.2 Å². The quantitative estimate of drug-likeness (QED) is 0.794. The maximum Gasteiger partial charge on any atom is 0.151 e. The molecule has 0 aliphatic heterocycles. The molecule has 0 saturated heterocycles. The molecule has 0 radical (unpaired) electrons. The molecule has 0 amide bonds. The van der Waals surface area contributed by atoms with Crippen LogP contribution in [0.1, 0.15) is 6.92 Å². The second kappa shape index (κ2) is 5.41. The summed E-state index contributed by atoms with van der Waals surface area (Å²) in [5.74, 6) is 0.245. The summed E-state index contributed by atoms with van der Waals surface area (Å²) in [7, 11) is -2.95. The van der Waals surface area contributed by atoms with E-state index in [0.29, 0.717) is 22.9 Å². The van der Waals surface area contributed by atoms with Crippen LogP contribution in [0.3, 0.4) is 0 Å². The van der Waals surface area contributed by atoms with Gasteiger partial charge in [-0.25, -0.2) is 8.42 Å². The van der Waals surface area contributed by atoms with Gasteiger partial charge in [-0.1, -0.05) is 24.6 Å². The first-order valence-electron chi connectivity index (χ1n) is 4.94. The van der Waals surface area contributed by atoms with E-state index in [4.69, 9.17) is 17.3 Å². The van der Waals surface area contributed by atoms with Crippen molar-refractivity contribution < 1.29 is 8.42 Å². The van der Waals surface area contributed by atoms with Gasteiger partial charge in [-0.15, -0.1) is 0 Å². The van der Waals surface area contributed by atoms with E-state index in [-0.39, 0.29) is 11.5 Å². The van der Waals surface area contributed by atoms with E-state index in [0.717, 1.165) is 0 Å². The second-order valence-corrected chi connectivity index (χ2v) is 6.24. The summed E-state index contributed by atoms with van der Waals surface area (Å²) in [6.07, 6.45) is 0. The molecule has 0 spiro atoms. The van der Waals surface area contributed by atoms with Crippen molar-refractivity contribution in [1.82, 2.24) is 0 Å². The number of nitrogens with one attached hydrogen (secondary N) is 1. The average molecular weight is 263 g/mol. The molecule has 1 aromatic carbocycles. The highest BCUT2D eigenvalue weighted by molar-refractivity contribution is 7.91. The monoisotopic (exact) mass is 262 g/mol. The fraction of sp³-hybridized carbons (Fsp3) is 0.400. The molecule has 0 aliphatic rings. The topological polar surface area (TPSA) is 72.2 Å². The SMILES string of the molecule is CCS(=O)(=O)CCNc1cccc(Cl)c1N. The van der Waals surface area contributed by atoms with Gasteiger partial charge in [-0.05, 0) is 12.1 Å². The Morgan fingerprint density at radius 1 is 1.44 bits per heavy atom. The Balaban J connectivity index is 2.59. The van der Waals surface area contributed by atoms with Gasteiger partial charge in [0.25, 0.3) is 0 Å². The third-order valence-corrected chi connectivity index (χ3v) is 4.26. The van der Waals surface area contributed by atoms with Crippen LogP contribution in [-0.2, 0) is 9.84 Å². The van der Waals surface area contributed by atoms with Gasteiger partial charge < -0.3 is 11.1 Å². The van der Waals surface area contributed by atoms with Gasteiger partial charge in [0.1, 0.15) is 0 Å². The smallest absolute Gasteiger partial charge is 0.151 e. The minimum absolute atomic E-state index is 0.0927. The van der Waals surface area contributed by atoms with E-state index < -0.39 is 9.84 Å². The van der Waals surface area contributed by atoms with E-state index in [9.17, 15) is 8.42 Å². The van der Waals surface area contributed by atoms with Crippen molar-refractivity contribution in [3.63, 3.8) is 0 Å². The highest BCUT2D eigenvalue weighted by Gasteiger charge is 2.07. The van der Waals surface area contributed by atoms with Crippen LogP contribution < -0.4 is 11.1 Å². The molecule has 16 heavy (non-hydrogen) atoms. The average Bonchev–Trinajstić information content (AvgIpc) is 2.24. The number of benzene rings is 1. The Labute approximate surface area is 101 Å². The Hall–Kier alpha value is -0.940. The number of sulfone groups is 1. The van der Waals surface area contributed by atoms with Crippen LogP contribution in [0.2, 0.25) is 5.02 Å². The first-order valence-corrected chi connectivity index (χ1v) is 7.14. The van der Waals surface area contributed by atoms with Gasteiger partial charge in [0, 0.05) is 12.3 Å². The molecule has 6 heteroatoms. The van der Waals surface area contributed by atoms with Crippen molar-refractivity contribution in [2.45, 2.75) is 6.92 Å². The van der Waals surface area contributed by atoms with Crippen LogP contribution in [0.5, 0.6) is 0 Å². The van der Waals surface area contributed by atoms with Crippen LogP contribution in [0, 0.1) is 0 Å². The minimum Gasteiger partial charge on any atom is -0.396 e. The Bertz CT molecular complexity index is 460. The summed E-state index contributed by atoms with van der Waals surface area (Å²) in [5.41, 5.74) is 6.83. The van der Waals surface area contributed by atoms with Crippen molar-refractivity contribution in [2.24, 2.45) is 0 Å². The predicted molar refractivity (Wildman–Crippen MR) is 68.7 cm³/mol. The standard InChI is InChI=1S/C10H15ClN2O2S/c1-2-16(14,15)7-6-13-9-5-3-4-8(11)10(9)12/h3-5,13H,2,6-7,12H2,1H3. The summed E-state index contributed by atoms with van der Waals surface area (Å²) in [5, 5.41) is 3.42. The van der Waals surface area contributed by atoms with Gasteiger partial charge in [0.2, 0.25) is 0 Å². The molecular formula is C10H15ClN2O2S. The molecule has 90 valence electrons. The number of nitrogens with two attached hydrogens (primary N) is 1. The molecule has 0 unspecified atom stereocenters. The normalized spacial score (nSPS) is 11.4. The number of hydrogen-bond donors (Lipinski definition) is 2. The lowest BCUT2D eigenvalue weighted by Gasteiger charge is -2.09. The second-order valence-electron chi connectivity index (χ2n) is 3.36. The third-order valence-electron chi connectivity index (χ3n) is 2.22. The molecule has 0 atom stereocenters. The molecule has 4 nitrogen and oxygen atoms in total. The Kier molecular flexibility index (Phi) is 4.44. The molecule has 0 bridgehead atoms. The summed E-state index contributed by atoms with van der Waals surface area (Å²) in [6, 6.07) is 5.21. The lowest BCUT2D eigenvalue weighted by Crippen LogP contribution is -2.17. The molecule has 0 aliphatic carbocycles. The van der Waals surface area contributed by atoms with E-state index >= 15 is 0 Å². The van der Waals surface area contributed by atoms with Gasteiger partial charge in [0.15, 0.2) is 9.84 Å². The van der Waals surface area contributed by atoms with Gasteiger partial charge in [-0.3, -0.25) is 0 Å². The number of nitrogen functional groups attached to an aromatic ring is 1. The summed E-state index contributed by atoms with van der Waals surface area (Å²) >= 11 is 5.83. The largest absolute Gasteiger partial charge is 0.396 e. The van der Waals surface area contributed by atoms with Crippen molar-refractivity contribution in [2.75, 3.05) is 29.1 Å². The molecule has 0 aromatic heterocycles. The highest BCUT2D eigenvalue weighted by atomic mass is 35.5. The predicted octanol–water partition coefficient (Wildman–Crippen LogP) is 1.77. The summed E-state index contributed by atoms with van der Waals surface area (Å²) in [4.78, 5) is 0. The van der Waals surface area contributed by atoms with Crippen molar-refractivity contribution in [3.8, 4) is 0 Å². The highest BCUT2D eigenvalue weighted by Crippen LogP contribution is 2.26. The van der Waals surface area contributed by atoms with Crippen LogP contribution in [0.4, 0.5) is 11.4 Å². The van der Waals surface area contributed by atoms with Gasteiger partial charge in [-0.2, -0.15) is 0 Å². The van der Waals surface area contributed by atoms with Crippen LogP contribution in [0.25, 0.3) is 0 Å². The maximum atomic E-state index is 11.2. The Morgan fingerprint density at radius 3 is 2.75 bits per heavy atom. The Morgan fingerprint density at radius 2 is 2.12 bits per heavy atom. The number of hydrogen-bond acceptors (Lipinski definition) is 4. The lowest BCUT2D eigenvalue weighted by atomic mass is 10.2. The molecule has 1 aromatic rings. The fourth-order valence-electron chi connectivity index (χ4n) is 1.18. The van der Waals surface area contributed by atoms with E-state index in [1.165, 1.54) is 0 Å². The number of rotatable bonds is 5. The summed E-state index contributed by atoms with van der Waals surface area (Å²) < 4.78 is 22.5. The van der Waals surface area contributed by atoms with Gasteiger partial charge in [0.05, 0.1) is 22.2 Å². The van der Waals surface area contributed by atoms with Crippen LogP contribution >= 0.6 is 11.6 Å². The van der Waals surface area contributed by atoms with Crippen LogP contribution in [-0.4, -0.2) is 26.5 Å². The maximum absolute atomic E-state index is 11.2. The number of halogens is 1. The fourth-order valence-corrected chi connectivity index (χ4v) is 2.05. The van der Waals surface area contributed by atoms with Crippen molar-refractivity contribution in [1.29, 1.82) is 0 Å². The molecule has 1 rings (SSSR count). The van der Waals surface area contributed by atoms with Crippen LogP contribution in [0.15, 0.2) is 18.2 Å². The molecule has 0 fully saturated rings. The number of anilines is 2. The third kappa shape index (κ3) is 3.57. The lowest BCUT2D eigenvalue weighted by molar-refractivity contribution is 0.597. The van der Waals surface area contributed by atoms with E-state index in [2.05, 4.69) is 5.32 Å². The van der Waals surface area contributed by atoms with E-state index in [1.54, 1.807) is 25.1 Å². The molecule has 0 saturated carbocycles. The first-order chi connectivity index (χ1) is 7.46. The first kappa shape index (κ1) is 13.1. The summed E-state index contributed by atoms with van der Waals surface area (Å²) in [6.45, 7) is 1.96.